The number of benzene rings is 1. The molecule has 1 aliphatic carbocycles. The number of fused-ring (bicyclic) bond motifs is 1. The van der Waals surface area contributed by atoms with Crippen LogP contribution in [0.4, 0.5) is 0 Å². The average molecular weight is 518 g/mol. The summed E-state index contributed by atoms with van der Waals surface area (Å²) >= 11 is 3.60. The van der Waals surface area contributed by atoms with E-state index < -0.39 is 5.97 Å². The Labute approximate surface area is 200 Å². The van der Waals surface area contributed by atoms with Gasteiger partial charge in [-0.1, -0.05) is 6.07 Å². The number of hydrogen-bond donors (Lipinski definition) is 2. The van der Waals surface area contributed by atoms with Gasteiger partial charge in [-0.25, -0.2) is 9.78 Å². The summed E-state index contributed by atoms with van der Waals surface area (Å²) in [6, 6.07) is 9.08. The van der Waals surface area contributed by atoms with Crippen molar-refractivity contribution in [3.8, 4) is 11.6 Å². The summed E-state index contributed by atoms with van der Waals surface area (Å²) in [4.78, 5) is 14.9. The summed E-state index contributed by atoms with van der Waals surface area (Å²) < 4.78 is 14.5. The fourth-order valence-electron chi connectivity index (χ4n) is 4.11. The number of unbranched alkanes of at least 4 members (excludes halogenated alkanes) is 1. The summed E-state index contributed by atoms with van der Waals surface area (Å²) in [5, 5.41) is 24.2. The molecule has 0 bridgehead atoms. The van der Waals surface area contributed by atoms with Crippen molar-refractivity contribution in [1.29, 1.82) is 0 Å². The second-order valence-electron chi connectivity index (χ2n) is 8.38. The van der Waals surface area contributed by atoms with E-state index in [9.17, 15) is 9.90 Å². The molecule has 8 nitrogen and oxygen atoms in total. The van der Waals surface area contributed by atoms with Gasteiger partial charge in [0, 0.05) is 30.3 Å². The Morgan fingerprint density at radius 2 is 1.88 bits per heavy atom. The van der Waals surface area contributed by atoms with Crippen molar-refractivity contribution in [2.75, 3.05) is 19.8 Å². The van der Waals surface area contributed by atoms with Crippen LogP contribution in [-0.4, -0.2) is 50.8 Å². The van der Waals surface area contributed by atoms with Gasteiger partial charge in [0.25, 0.3) is 0 Å². The number of aliphatic hydroxyl groups excluding tert-OH is 1. The van der Waals surface area contributed by atoms with Crippen molar-refractivity contribution in [1.82, 2.24) is 14.8 Å². The SMILES string of the molecule is O=C(O)c1cccc(OCCCCOc2cc3nn([C@H]4CC[C@H](CO)CC4)cc3cc2Br)n1. The van der Waals surface area contributed by atoms with Gasteiger partial charge in [-0.3, -0.25) is 4.68 Å². The van der Waals surface area contributed by atoms with Crippen LogP contribution >= 0.6 is 15.9 Å². The van der Waals surface area contributed by atoms with E-state index in [1.54, 1.807) is 12.1 Å². The van der Waals surface area contributed by atoms with Crippen LogP contribution in [0.2, 0.25) is 0 Å². The minimum Gasteiger partial charge on any atom is -0.492 e. The largest absolute Gasteiger partial charge is 0.492 e. The molecule has 0 saturated heterocycles. The van der Waals surface area contributed by atoms with Crippen molar-refractivity contribution >= 4 is 32.8 Å². The highest BCUT2D eigenvalue weighted by atomic mass is 79.9. The molecule has 1 fully saturated rings. The third kappa shape index (κ3) is 6.03. The van der Waals surface area contributed by atoms with Gasteiger partial charge in [0.2, 0.25) is 5.88 Å². The Hall–Kier alpha value is -2.65. The van der Waals surface area contributed by atoms with Crippen LogP contribution < -0.4 is 9.47 Å². The predicted octanol–water partition coefficient (Wildman–Crippen LogP) is 4.85. The van der Waals surface area contributed by atoms with E-state index in [0.717, 1.165) is 59.7 Å². The number of aliphatic hydroxyl groups is 1. The van der Waals surface area contributed by atoms with E-state index in [1.165, 1.54) is 6.07 Å². The van der Waals surface area contributed by atoms with E-state index in [2.05, 4.69) is 31.8 Å². The number of halogens is 1. The van der Waals surface area contributed by atoms with Gasteiger partial charge < -0.3 is 19.7 Å². The lowest BCUT2D eigenvalue weighted by atomic mass is 9.87. The molecule has 0 atom stereocenters. The first-order valence-electron chi connectivity index (χ1n) is 11.3. The van der Waals surface area contributed by atoms with E-state index in [1.807, 2.05) is 12.1 Å². The first-order chi connectivity index (χ1) is 16.0. The molecule has 0 amide bonds. The molecular weight excluding hydrogens is 490 g/mol. The molecule has 1 aliphatic rings. The molecule has 9 heteroatoms. The molecule has 176 valence electrons. The van der Waals surface area contributed by atoms with Gasteiger partial charge >= 0.3 is 5.97 Å². The molecule has 4 rings (SSSR count). The van der Waals surface area contributed by atoms with Crippen molar-refractivity contribution in [3.05, 3.63) is 46.7 Å². The van der Waals surface area contributed by atoms with Gasteiger partial charge in [-0.05, 0) is 72.5 Å². The lowest BCUT2D eigenvalue weighted by Gasteiger charge is -2.27. The number of aromatic carboxylic acids is 1. The van der Waals surface area contributed by atoms with Crippen LogP contribution in [0.1, 0.15) is 55.1 Å². The van der Waals surface area contributed by atoms with Crippen LogP contribution in [0.15, 0.2) is 41.0 Å². The van der Waals surface area contributed by atoms with Crippen LogP contribution in [0.5, 0.6) is 11.6 Å². The summed E-state index contributed by atoms with van der Waals surface area (Å²) in [6.07, 6.45) is 7.80. The average Bonchev–Trinajstić information content (AvgIpc) is 3.24. The van der Waals surface area contributed by atoms with Crippen LogP contribution in [0.3, 0.4) is 0 Å². The highest BCUT2D eigenvalue weighted by Crippen LogP contribution is 2.34. The number of rotatable bonds is 10. The Morgan fingerprint density at radius 1 is 1.12 bits per heavy atom. The minimum absolute atomic E-state index is 0.0311. The zero-order valence-electron chi connectivity index (χ0n) is 18.3. The molecule has 0 radical (unpaired) electrons. The summed E-state index contributed by atoms with van der Waals surface area (Å²) in [5.41, 5.74) is 0.876. The number of hydrogen-bond acceptors (Lipinski definition) is 6. The fourth-order valence-corrected chi connectivity index (χ4v) is 4.59. The number of aromatic nitrogens is 3. The number of carboxylic acid groups (broad SMARTS) is 1. The predicted molar refractivity (Wildman–Crippen MR) is 127 cm³/mol. The molecule has 1 saturated carbocycles. The quantitative estimate of drug-likeness (QED) is 0.370. The molecular formula is C24H28BrN3O5. The molecule has 0 aliphatic heterocycles. The monoisotopic (exact) mass is 517 g/mol. The number of ether oxygens (including phenoxy) is 2. The summed E-state index contributed by atoms with van der Waals surface area (Å²) in [5.74, 6) is 0.421. The van der Waals surface area contributed by atoms with Crippen molar-refractivity contribution in [2.24, 2.45) is 5.92 Å². The minimum atomic E-state index is -1.07. The number of nitrogens with zero attached hydrogens (tertiary/aromatic N) is 3. The first kappa shape index (κ1) is 23.5. The molecule has 3 aromatic rings. The van der Waals surface area contributed by atoms with Gasteiger partial charge in [0.15, 0.2) is 5.69 Å². The maximum absolute atomic E-state index is 11.0. The molecule has 33 heavy (non-hydrogen) atoms. The van der Waals surface area contributed by atoms with Crippen molar-refractivity contribution < 1.29 is 24.5 Å². The zero-order chi connectivity index (χ0) is 23.2. The Balaban J connectivity index is 1.26. The molecule has 2 aromatic heterocycles. The third-order valence-corrected chi connectivity index (χ3v) is 6.63. The lowest BCUT2D eigenvalue weighted by molar-refractivity contribution is 0.0689. The van der Waals surface area contributed by atoms with Crippen molar-refractivity contribution in [3.63, 3.8) is 0 Å². The standard InChI is InChI=1S/C24H28BrN3O5/c25-19-12-17-14-28(18-8-6-16(15-29)7-9-18)27-21(17)13-22(19)32-10-1-2-11-33-23-5-3-4-20(26-23)24(30)31/h3-5,12-14,16,18,29H,1-2,6-11,15H2,(H,30,31)/t16-,18-. The Morgan fingerprint density at radius 3 is 2.61 bits per heavy atom. The van der Waals surface area contributed by atoms with E-state index in [0.29, 0.717) is 31.1 Å². The molecule has 1 aromatic carbocycles. The Kier molecular flexibility index (Phi) is 7.82. The second-order valence-corrected chi connectivity index (χ2v) is 9.23. The van der Waals surface area contributed by atoms with E-state index in [4.69, 9.17) is 19.7 Å². The maximum atomic E-state index is 11.0. The molecule has 0 spiro atoms. The summed E-state index contributed by atoms with van der Waals surface area (Å²) in [6.45, 7) is 1.24. The smallest absolute Gasteiger partial charge is 0.354 e. The fraction of sp³-hybridized carbons (Fsp3) is 0.458. The van der Waals surface area contributed by atoms with Gasteiger partial charge in [-0.15, -0.1) is 0 Å². The van der Waals surface area contributed by atoms with Gasteiger partial charge in [-0.2, -0.15) is 5.10 Å². The number of carboxylic acids is 1. The normalized spacial score (nSPS) is 18.4. The topological polar surface area (TPSA) is 107 Å². The van der Waals surface area contributed by atoms with E-state index in [-0.39, 0.29) is 12.3 Å². The molecule has 2 heterocycles. The van der Waals surface area contributed by atoms with Gasteiger partial charge in [0.05, 0.1) is 29.2 Å². The second kappa shape index (κ2) is 11.0. The summed E-state index contributed by atoms with van der Waals surface area (Å²) in [7, 11) is 0. The number of carbonyl (C=O) groups is 1. The lowest BCUT2D eigenvalue weighted by Crippen LogP contribution is -2.20. The zero-order valence-corrected chi connectivity index (χ0v) is 19.9. The highest BCUT2D eigenvalue weighted by molar-refractivity contribution is 9.10. The van der Waals surface area contributed by atoms with Gasteiger partial charge in [0.1, 0.15) is 5.75 Å². The van der Waals surface area contributed by atoms with E-state index >= 15 is 0 Å². The van der Waals surface area contributed by atoms with Crippen LogP contribution in [0.25, 0.3) is 10.9 Å². The highest BCUT2D eigenvalue weighted by Gasteiger charge is 2.23. The number of pyridine rings is 1. The molecule has 0 unspecified atom stereocenters. The molecule has 2 N–H and O–H groups in total. The Bertz CT molecular complexity index is 1090. The maximum Gasteiger partial charge on any atom is 0.354 e. The third-order valence-electron chi connectivity index (χ3n) is 6.01. The van der Waals surface area contributed by atoms with Crippen LogP contribution in [-0.2, 0) is 0 Å². The van der Waals surface area contributed by atoms with Crippen molar-refractivity contribution in [2.45, 2.75) is 44.6 Å². The van der Waals surface area contributed by atoms with Crippen LogP contribution in [0, 0.1) is 5.92 Å². The first-order valence-corrected chi connectivity index (χ1v) is 12.1.